The van der Waals surface area contributed by atoms with E-state index in [9.17, 15) is 4.79 Å². The molecule has 19 heavy (non-hydrogen) atoms. The summed E-state index contributed by atoms with van der Waals surface area (Å²) in [5.74, 6) is -0.0709. The Balaban J connectivity index is 2.34. The number of nitrogens with one attached hydrogen (secondary N) is 1. The first-order chi connectivity index (χ1) is 9.06. The first kappa shape index (κ1) is 13.9. The van der Waals surface area contributed by atoms with Crippen molar-refractivity contribution in [2.75, 3.05) is 0 Å². The van der Waals surface area contributed by atoms with Gasteiger partial charge in [-0.1, -0.05) is 6.92 Å². The second-order valence-electron chi connectivity index (χ2n) is 4.61. The molecule has 0 fully saturated rings. The Morgan fingerprint density at radius 1 is 1.47 bits per heavy atom. The van der Waals surface area contributed by atoms with Crippen molar-refractivity contribution in [2.45, 2.75) is 39.8 Å². The largest absolute Gasteiger partial charge is 0.350 e. The Labute approximate surface area is 117 Å². The number of benzene rings is 1. The van der Waals surface area contributed by atoms with E-state index in [1.807, 2.05) is 37.5 Å². The maximum Gasteiger partial charge on any atom is 0.251 e. The number of amides is 1. The molecule has 0 aliphatic heterocycles. The number of carbonyl (C=O) groups excluding carboxylic acids is 1. The third-order valence-corrected chi connectivity index (χ3v) is 3.56. The standard InChI is InChI=1S/C14H18ClN3O/c1-4-9(3)16-13(19)10-6-7-12-11(8-10)17-14(15)18(12)5-2/h6-9H,4-5H2,1-3H3,(H,16,19). The molecule has 1 amide bonds. The summed E-state index contributed by atoms with van der Waals surface area (Å²) in [6.07, 6.45) is 0.907. The van der Waals surface area contributed by atoms with E-state index in [-0.39, 0.29) is 11.9 Å². The first-order valence-corrected chi connectivity index (χ1v) is 6.91. The van der Waals surface area contributed by atoms with Crippen LogP contribution in [-0.4, -0.2) is 21.5 Å². The van der Waals surface area contributed by atoms with Gasteiger partial charge in [-0.3, -0.25) is 4.79 Å². The van der Waals surface area contributed by atoms with Crippen LogP contribution in [0.5, 0.6) is 0 Å². The van der Waals surface area contributed by atoms with Gasteiger partial charge in [-0.05, 0) is 50.1 Å². The van der Waals surface area contributed by atoms with Crippen molar-refractivity contribution in [1.82, 2.24) is 14.9 Å². The number of rotatable bonds is 4. The summed E-state index contributed by atoms with van der Waals surface area (Å²) in [7, 11) is 0. The quantitative estimate of drug-likeness (QED) is 0.934. The van der Waals surface area contributed by atoms with E-state index in [1.165, 1.54) is 0 Å². The molecule has 1 aromatic carbocycles. The zero-order valence-corrected chi connectivity index (χ0v) is 12.2. The SMILES string of the molecule is CCC(C)NC(=O)c1ccc2c(c1)nc(Cl)n2CC. The lowest BCUT2D eigenvalue weighted by molar-refractivity contribution is 0.0939. The summed E-state index contributed by atoms with van der Waals surface area (Å²) >= 11 is 6.06. The van der Waals surface area contributed by atoms with Crippen LogP contribution in [0.2, 0.25) is 5.28 Å². The molecule has 1 unspecified atom stereocenters. The highest BCUT2D eigenvalue weighted by Gasteiger charge is 2.12. The summed E-state index contributed by atoms with van der Waals surface area (Å²) < 4.78 is 1.91. The molecular formula is C14H18ClN3O. The topological polar surface area (TPSA) is 46.9 Å². The van der Waals surface area contributed by atoms with Crippen LogP contribution >= 0.6 is 11.6 Å². The summed E-state index contributed by atoms with van der Waals surface area (Å²) in [5, 5.41) is 3.39. The number of carbonyl (C=O) groups is 1. The van der Waals surface area contributed by atoms with Gasteiger partial charge >= 0.3 is 0 Å². The molecule has 1 N–H and O–H groups in total. The Morgan fingerprint density at radius 3 is 2.84 bits per heavy atom. The van der Waals surface area contributed by atoms with Gasteiger partial charge in [0.2, 0.25) is 5.28 Å². The minimum Gasteiger partial charge on any atom is -0.350 e. The van der Waals surface area contributed by atoms with Crippen molar-refractivity contribution in [3.8, 4) is 0 Å². The van der Waals surface area contributed by atoms with Crippen LogP contribution in [-0.2, 0) is 6.54 Å². The van der Waals surface area contributed by atoms with Gasteiger partial charge in [0.05, 0.1) is 11.0 Å². The van der Waals surface area contributed by atoms with E-state index >= 15 is 0 Å². The highest BCUT2D eigenvalue weighted by Crippen LogP contribution is 2.21. The van der Waals surface area contributed by atoms with Gasteiger partial charge in [-0.25, -0.2) is 4.98 Å². The monoisotopic (exact) mass is 279 g/mol. The van der Waals surface area contributed by atoms with Gasteiger partial charge in [0, 0.05) is 18.2 Å². The molecule has 0 saturated carbocycles. The molecule has 0 saturated heterocycles. The molecular weight excluding hydrogens is 262 g/mol. The van der Waals surface area contributed by atoms with E-state index < -0.39 is 0 Å². The van der Waals surface area contributed by atoms with Crippen LogP contribution in [0.15, 0.2) is 18.2 Å². The smallest absolute Gasteiger partial charge is 0.251 e. The van der Waals surface area contributed by atoms with Gasteiger partial charge in [-0.15, -0.1) is 0 Å². The number of imidazole rings is 1. The zero-order chi connectivity index (χ0) is 14.0. The highest BCUT2D eigenvalue weighted by molar-refractivity contribution is 6.29. The molecule has 102 valence electrons. The maximum atomic E-state index is 12.0. The third kappa shape index (κ3) is 2.73. The van der Waals surface area contributed by atoms with Crippen LogP contribution in [0, 0.1) is 0 Å². The fourth-order valence-corrected chi connectivity index (χ4v) is 2.25. The second-order valence-corrected chi connectivity index (χ2v) is 4.95. The maximum absolute atomic E-state index is 12.0. The van der Waals surface area contributed by atoms with Crippen molar-refractivity contribution in [3.05, 3.63) is 29.0 Å². The van der Waals surface area contributed by atoms with Crippen LogP contribution < -0.4 is 5.32 Å². The zero-order valence-electron chi connectivity index (χ0n) is 11.4. The van der Waals surface area contributed by atoms with Crippen molar-refractivity contribution in [3.63, 3.8) is 0 Å². The number of hydrogen-bond donors (Lipinski definition) is 1. The predicted octanol–water partition coefficient (Wildman–Crippen LogP) is 3.24. The van der Waals surface area contributed by atoms with Gasteiger partial charge < -0.3 is 9.88 Å². The van der Waals surface area contributed by atoms with Crippen molar-refractivity contribution < 1.29 is 4.79 Å². The molecule has 0 aliphatic carbocycles. The average molecular weight is 280 g/mol. The summed E-state index contributed by atoms with van der Waals surface area (Å²) in [6, 6.07) is 5.65. The number of halogens is 1. The molecule has 1 aromatic heterocycles. The van der Waals surface area contributed by atoms with Crippen molar-refractivity contribution in [1.29, 1.82) is 0 Å². The molecule has 1 heterocycles. The number of fused-ring (bicyclic) bond motifs is 1. The van der Waals surface area contributed by atoms with E-state index in [0.29, 0.717) is 10.8 Å². The predicted molar refractivity (Wildman–Crippen MR) is 77.6 cm³/mol. The van der Waals surface area contributed by atoms with Crippen LogP contribution in [0.3, 0.4) is 0 Å². The summed E-state index contributed by atoms with van der Waals surface area (Å²) in [6.45, 7) is 6.79. The van der Waals surface area contributed by atoms with Crippen LogP contribution in [0.4, 0.5) is 0 Å². The normalized spacial score (nSPS) is 12.6. The highest BCUT2D eigenvalue weighted by atomic mass is 35.5. The molecule has 2 rings (SSSR count). The first-order valence-electron chi connectivity index (χ1n) is 6.53. The van der Waals surface area contributed by atoms with E-state index in [1.54, 1.807) is 6.07 Å². The van der Waals surface area contributed by atoms with Crippen LogP contribution in [0.25, 0.3) is 11.0 Å². The molecule has 0 bridgehead atoms. The lowest BCUT2D eigenvalue weighted by Gasteiger charge is -2.11. The van der Waals surface area contributed by atoms with E-state index in [4.69, 9.17) is 11.6 Å². The minimum atomic E-state index is -0.0709. The van der Waals surface area contributed by atoms with Crippen molar-refractivity contribution in [2.24, 2.45) is 0 Å². The van der Waals surface area contributed by atoms with Gasteiger partial charge in [0.15, 0.2) is 0 Å². The molecule has 4 nitrogen and oxygen atoms in total. The van der Waals surface area contributed by atoms with E-state index in [2.05, 4.69) is 10.3 Å². The Kier molecular flexibility index (Phi) is 4.10. The Hall–Kier alpha value is -1.55. The number of aromatic nitrogens is 2. The summed E-state index contributed by atoms with van der Waals surface area (Å²) in [5.41, 5.74) is 2.32. The number of hydrogen-bond acceptors (Lipinski definition) is 2. The molecule has 5 heteroatoms. The molecule has 0 radical (unpaired) electrons. The molecule has 1 atom stereocenters. The fraction of sp³-hybridized carbons (Fsp3) is 0.429. The molecule has 0 spiro atoms. The van der Waals surface area contributed by atoms with Gasteiger partial charge in [0.25, 0.3) is 5.91 Å². The van der Waals surface area contributed by atoms with Crippen molar-refractivity contribution >= 4 is 28.5 Å². The lowest BCUT2D eigenvalue weighted by atomic mass is 10.1. The number of aryl methyl sites for hydroxylation is 1. The summed E-state index contributed by atoms with van der Waals surface area (Å²) in [4.78, 5) is 16.3. The number of nitrogens with zero attached hydrogens (tertiary/aromatic N) is 2. The minimum absolute atomic E-state index is 0.0709. The molecule has 0 aliphatic rings. The van der Waals surface area contributed by atoms with Crippen LogP contribution in [0.1, 0.15) is 37.6 Å². The lowest BCUT2D eigenvalue weighted by Crippen LogP contribution is -2.31. The van der Waals surface area contributed by atoms with Gasteiger partial charge in [0.1, 0.15) is 0 Å². The average Bonchev–Trinajstić information content (AvgIpc) is 2.72. The third-order valence-electron chi connectivity index (χ3n) is 3.27. The van der Waals surface area contributed by atoms with E-state index in [0.717, 1.165) is 24.0 Å². The molecule has 2 aromatic rings. The Bertz CT molecular complexity index is 606. The second kappa shape index (κ2) is 5.61. The Morgan fingerprint density at radius 2 is 2.21 bits per heavy atom. The fourth-order valence-electron chi connectivity index (χ4n) is 1.95. The van der Waals surface area contributed by atoms with Gasteiger partial charge in [-0.2, -0.15) is 0 Å².